The molecule has 0 aliphatic carbocycles. The van der Waals surface area contributed by atoms with Gasteiger partial charge in [0.1, 0.15) is 18.6 Å². The molecule has 0 saturated heterocycles. The fraction of sp³-hybridized carbons (Fsp3) is 0.200. The van der Waals surface area contributed by atoms with Crippen LogP contribution in [0.2, 0.25) is 0 Å². The average molecular weight is 241 g/mol. The van der Waals surface area contributed by atoms with E-state index in [0.29, 0.717) is 13.2 Å². The Morgan fingerprint density at radius 2 is 1.89 bits per heavy atom. The molecule has 1 unspecified atom stereocenters. The molecule has 0 amide bonds. The molecule has 0 bridgehead atoms. The molecule has 0 saturated carbocycles. The summed E-state index contributed by atoms with van der Waals surface area (Å²) >= 11 is 0. The Labute approximate surface area is 106 Å². The van der Waals surface area contributed by atoms with Gasteiger partial charge in [-0.2, -0.15) is 0 Å². The fourth-order valence-electron chi connectivity index (χ4n) is 2.16. The van der Waals surface area contributed by atoms with Crippen molar-refractivity contribution in [3.05, 3.63) is 54.1 Å². The first-order valence-corrected chi connectivity index (χ1v) is 6.08. The maximum Gasteiger partial charge on any atom is 0.134 e. The normalized spacial score (nSPS) is 18.6. The van der Waals surface area contributed by atoms with E-state index in [1.165, 1.54) is 0 Å². The van der Waals surface area contributed by atoms with Gasteiger partial charge < -0.3 is 9.84 Å². The molecule has 0 aromatic heterocycles. The molecule has 18 heavy (non-hydrogen) atoms. The van der Waals surface area contributed by atoms with Gasteiger partial charge in [0.15, 0.2) is 0 Å². The maximum absolute atomic E-state index is 9.91. The first-order valence-electron chi connectivity index (χ1n) is 6.08. The van der Waals surface area contributed by atoms with Crippen LogP contribution in [0.5, 0.6) is 5.75 Å². The summed E-state index contributed by atoms with van der Waals surface area (Å²) in [5.41, 5.74) is 3.05. The van der Waals surface area contributed by atoms with Crippen molar-refractivity contribution in [3.8, 4) is 16.9 Å². The Morgan fingerprint density at radius 1 is 1.06 bits per heavy atom. The van der Waals surface area contributed by atoms with Crippen molar-refractivity contribution in [2.45, 2.75) is 6.23 Å². The zero-order chi connectivity index (χ0) is 12.4. The smallest absolute Gasteiger partial charge is 0.134 e. The third-order valence-corrected chi connectivity index (χ3v) is 3.11. The van der Waals surface area contributed by atoms with Gasteiger partial charge in [-0.3, -0.25) is 5.32 Å². The summed E-state index contributed by atoms with van der Waals surface area (Å²) in [7, 11) is 0. The van der Waals surface area contributed by atoms with Crippen LogP contribution in [0.15, 0.2) is 48.5 Å². The molecule has 3 nitrogen and oxygen atoms in total. The van der Waals surface area contributed by atoms with Gasteiger partial charge in [0, 0.05) is 12.1 Å². The van der Waals surface area contributed by atoms with Crippen LogP contribution in [0.3, 0.4) is 0 Å². The van der Waals surface area contributed by atoms with Crippen LogP contribution in [0.4, 0.5) is 0 Å². The molecule has 0 spiro atoms. The van der Waals surface area contributed by atoms with E-state index in [1.54, 1.807) is 0 Å². The number of aliphatic hydroxyl groups is 1. The number of aliphatic hydroxyl groups excluding tert-OH is 1. The summed E-state index contributed by atoms with van der Waals surface area (Å²) in [4.78, 5) is 0. The maximum atomic E-state index is 9.91. The van der Waals surface area contributed by atoms with Gasteiger partial charge in [0.2, 0.25) is 0 Å². The second kappa shape index (κ2) is 4.80. The average Bonchev–Trinajstić information content (AvgIpc) is 2.61. The largest absolute Gasteiger partial charge is 0.492 e. The van der Waals surface area contributed by atoms with E-state index in [1.807, 2.05) is 36.4 Å². The highest BCUT2D eigenvalue weighted by Crippen LogP contribution is 2.31. The predicted molar refractivity (Wildman–Crippen MR) is 70.3 cm³/mol. The molecule has 3 heteroatoms. The van der Waals surface area contributed by atoms with Gasteiger partial charge in [0.25, 0.3) is 0 Å². The van der Waals surface area contributed by atoms with Crippen molar-refractivity contribution in [2.24, 2.45) is 0 Å². The molecule has 2 aromatic rings. The first kappa shape index (κ1) is 11.3. The van der Waals surface area contributed by atoms with Crippen LogP contribution in [0, 0.1) is 0 Å². The SMILES string of the molecule is OC1NCCOc2cc(-c3ccccc3)ccc21. The van der Waals surface area contributed by atoms with Crippen LogP contribution in [-0.2, 0) is 0 Å². The van der Waals surface area contributed by atoms with E-state index in [-0.39, 0.29) is 0 Å². The molecular weight excluding hydrogens is 226 g/mol. The van der Waals surface area contributed by atoms with Crippen molar-refractivity contribution < 1.29 is 9.84 Å². The minimum Gasteiger partial charge on any atom is -0.492 e. The lowest BCUT2D eigenvalue weighted by Crippen LogP contribution is -2.22. The Morgan fingerprint density at radius 3 is 2.72 bits per heavy atom. The van der Waals surface area contributed by atoms with E-state index in [9.17, 15) is 5.11 Å². The van der Waals surface area contributed by atoms with Gasteiger partial charge >= 0.3 is 0 Å². The van der Waals surface area contributed by atoms with E-state index < -0.39 is 6.23 Å². The second-order valence-corrected chi connectivity index (χ2v) is 4.32. The summed E-state index contributed by atoms with van der Waals surface area (Å²) in [5.74, 6) is 0.758. The molecule has 2 aromatic carbocycles. The van der Waals surface area contributed by atoms with Crippen molar-refractivity contribution in [1.29, 1.82) is 0 Å². The summed E-state index contributed by atoms with van der Waals surface area (Å²) in [6.07, 6.45) is -0.646. The highest BCUT2D eigenvalue weighted by Gasteiger charge is 2.17. The number of ether oxygens (including phenoxy) is 1. The Hall–Kier alpha value is -1.84. The highest BCUT2D eigenvalue weighted by atomic mass is 16.5. The second-order valence-electron chi connectivity index (χ2n) is 4.32. The molecule has 92 valence electrons. The molecule has 1 heterocycles. The quantitative estimate of drug-likeness (QED) is 0.805. The Balaban J connectivity index is 2.03. The van der Waals surface area contributed by atoms with Gasteiger partial charge in [-0.15, -0.1) is 0 Å². The van der Waals surface area contributed by atoms with Crippen LogP contribution < -0.4 is 10.1 Å². The summed E-state index contributed by atoms with van der Waals surface area (Å²) < 4.78 is 5.66. The zero-order valence-corrected chi connectivity index (χ0v) is 9.97. The Kier molecular flexibility index (Phi) is 3.00. The van der Waals surface area contributed by atoms with E-state index in [4.69, 9.17) is 4.74 Å². The topological polar surface area (TPSA) is 41.5 Å². The monoisotopic (exact) mass is 241 g/mol. The molecule has 2 N–H and O–H groups in total. The van der Waals surface area contributed by atoms with Crippen LogP contribution >= 0.6 is 0 Å². The van der Waals surface area contributed by atoms with Crippen LogP contribution in [-0.4, -0.2) is 18.3 Å². The first-order chi connectivity index (χ1) is 8.84. The van der Waals surface area contributed by atoms with E-state index >= 15 is 0 Å². The molecule has 1 atom stereocenters. The molecular formula is C15H15NO2. The van der Waals surface area contributed by atoms with Crippen molar-refractivity contribution >= 4 is 0 Å². The minimum absolute atomic E-state index is 0.572. The van der Waals surface area contributed by atoms with Gasteiger partial charge in [-0.25, -0.2) is 0 Å². The Bertz CT molecular complexity index is 539. The molecule has 1 aliphatic rings. The number of benzene rings is 2. The standard InChI is InChI=1S/C15H15NO2/c17-15-13-7-6-12(11-4-2-1-3-5-11)10-14(13)18-9-8-16-15/h1-7,10,15-17H,8-9H2. The molecule has 0 radical (unpaired) electrons. The van der Waals surface area contributed by atoms with Crippen molar-refractivity contribution in [2.75, 3.05) is 13.2 Å². The highest BCUT2D eigenvalue weighted by molar-refractivity contribution is 5.66. The molecule has 0 fully saturated rings. The van der Waals surface area contributed by atoms with Crippen molar-refractivity contribution in [3.63, 3.8) is 0 Å². The van der Waals surface area contributed by atoms with Crippen molar-refractivity contribution in [1.82, 2.24) is 5.32 Å². The summed E-state index contributed by atoms with van der Waals surface area (Å²) in [6, 6.07) is 16.1. The van der Waals surface area contributed by atoms with Crippen LogP contribution in [0.1, 0.15) is 11.8 Å². The fourth-order valence-corrected chi connectivity index (χ4v) is 2.16. The van der Waals surface area contributed by atoms with Gasteiger partial charge in [-0.05, 0) is 17.2 Å². The number of hydrogen-bond donors (Lipinski definition) is 2. The number of rotatable bonds is 1. The summed E-state index contributed by atoms with van der Waals surface area (Å²) in [5, 5.41) is 12.9. The molecule has 1 aliphatic heterocycles. The third kappa shape index (κ3) is 2.10. The van der Waals surface area contributed by atoms with E-state index in [0.717, 1.165) is 22.4 Å². The van der Waals surface area contributed by atoms with Crippen LogP contribution in [0.25, 0.3) is 11.1 Å². The lowest BCUT2D eigenvalue weighted by molar-refractivity contribution is 0.143. The number of hydrogen-bond acceptors (Lipinski definition) is 3. The van der Waals surface area contributed by atoms with Gasteiger partial charge in [-0.1, -0.05) is 42.5 Å². The minimum atomic E-state index is -0.646. The lowest BCUT2D eigenvalue weighted by Gasteiger charge is -2.12. The number of fused-ring (bicyclic) bond motifs is 1. The zero-order valence-electron chi connectivity index (χ0n) is 9.97. The van der Waals surface area contributed by atoms with Gasteiger partial charge in [0.05, 0.1) is 0 Å². The van der Waals surface area contributed by atoms with E-state index in [2.05, 4.69) is 17.4 Å². The molecule has 3 rings (SSSR count). The third-order valence-electron chi connectivity index (χ3n) is 3.11. The number of nitrogens with one attached hydrogen (secondary N) is 1. The predicted octanol–water partition coefficient (Wildman–Crippen LogP) is 2.33. The summed E-state index contributed by atoms with van der Waals surface area (Å²) in [6.45, 7) is 1.22. The lowest BCUT2D eigenvalue weighted by atomic mass is 10.0.